The lowest BCUT2D eigenvalue weighted by Crippen LogP contribution is -2.23. The van der Waals surface area contributed by atoms with Crippen LogP contribution in [0, 0.1) is 4.91 Å². The van der Waals surface area contributed by atoms with Crippen LogP contribution in [0.4, 0.5) is 0 Å². The van der Waals surface area contributed by atoms with Gasteiger partial charge in [-0.3, -0.25) is 4.79 Å². The van der Waals surface area contributed by atoms with Crippen molar-refractivity contribution >= 4 is 5.91 Å². The van der Waals surface area contributed by atoms with Crippen molar-refractivity contribution in [2.24, 2.45) is 0 Å². The predicted molar refractivity (Wildman–Crippen MR) is 97.5 cm³/mol. The summed E-state index contributed by atoms with van der Waals surface area (Å²) in [7, 11) is 1.80. The third kappa shape index (κ3) is 3.76. The zero-order chi connectivity index (χ0) is 17.8. The quantitative estimate of drug-likeness (QED) is 0.674. The van der Waals surface area contributed by atoms with Crippen molar-refractivity contribution in [3.8, 4) is 11.1 Å². The molecule has 5 nitrogen and oxygen atoms in total. The lowest BCUT2D eigenvalue weighted by atomic mass is 9.95. The van der Waals surface area contributed by atoms with Crippen LogP contribution < -0.4 is 5.32 Å². The molecule has 1 unspecified atom stereocenters. The van der Waals surface area contributed by atoms with E-state index >= 15 is 0 Å². The Hall–Kier alpha value is -2.95. The SMILES string of the molecule is C=CC(=O)NCc1cc(-c2ccccc2)cc(C2CCN(C)[N+]2=O)c1. The molecule has 1 atom stereocenters. The number of nitrogens with zero attached hydrogens (tertiary/aromatic N) is 2. The van der Waals surface area contributed by atoms with Gasteiger partial charge in [0.25, 0.3) is 6.04 Å². The first-order valence-corrected chi connectivity index (χ1v) is 8.35. The Bertz CT molecular complexity index is 802. The summed E-state index contributed by atoms with van der Waals surface area (Å²) >= 11 is 0. The number of amides is 1. The summed E-state index contributed by atoms with van der Waals surface area (Å²) in [4.78, 5) is 24.9. The molecule has 25 heavy (non-hydrogen) atoms. The van der Waals surface area contributed by atoms with Crippen molar-refractivity contribution < 1.29 is 9.66 Å². The zero-order valence-electron chi connectivity index (χ0n) is 14.3. The highest BCUT2D eigenvalue weighted by atomic mass is 16.3. The van der Waals surface area contributed by atoms with Gasteiger partial charge in [0.2, 0.25) is 5.91 Å². The van der Waals surface area contributed by atoms with Crippen LogP contribution >= 0.6 is 0 Å². The van der Waals surface area contributed by atoms with Gasteiger partial charge >= 0.3 is 0 Å². The molecule has 0 bridgehead atoms. The Balaban J connectivity index is 1.97. The molecule has 5 heteroatoms. The zero-order valence-corrected chi connectivity index (χ0v) is 14.3. The minimum absolute atomic E-state index is 0.192. The Morgan fingerprint density at radius 3 is 2.68 bits per heavy atom. The first kappa shape index (κ1) is 16.9. The summed E-state index contributed by atoms with van der Waals surface area (Å²) in [6, 6.07) is 16.0. The summed E-state index contributed by atoms with van der Waals surface area (Å²) in [6.07, 6.45) is 2.05. The molecular formula is C20H22N3O2+. The van der Waals surface area contributed by atoms with Gasteiger partial charge in [-0.2, -0.15) is 0 Å². The van der Waals surface area contributed by atoms with E-state index in [0.29, 0.717) is 6.54 Å². The number of hydrazine groups is 1. The van der Waals surface area contributed by atoms with E-state index in [2.05, 4.69) is 24.0 Å². The number of benzene rings is 2. The summed E-state index contributed by atoms with van der Waals surface area (Å²) in [5, 5.41) is 4.50. The third-order valence-electron chi connectivity index (χ3n) is 4.49. The van der Waals surface area contributed by atoms with Crippen LogP contribution in [0.3, 0.4) is 0 Å². The average Bonchev–Trinajstić information content (AvgIpc) is 2.99. The van der Waals surface area contributed by atoms with E-state index in [9.17, 15) is 9.70 Å². The van der Waals surface area contributed by atoms with E-state index in [-0.39, 0.29) is 11.9 Å². The Morgan fingerprint density at radius 1 is 1.28 bits per heavy atom. The first-order chi connectivity index (χ1) is 12.1. The Kier molecular flexibility index (Phi) is 4.93. The van der Waals surface area contributed by atoms with Gasteiger partial charge < -0.3 is 5.32 Å². The van der Waals surface area contributed by atoms with Crippen molar-refractivity contribution in [2.45, 2.75) is 19.0 Å². The molecule has 0 spiro atoms. The summed E-state index contributed by atoms with van der Waals surface area (Å²) in [5.74, 6) is -0.210. The van der Waals surface area contributed by atoms with E-state index in [0.717, 1.165) is 40.1 Å². The number of rotatable bonds is 5. The molecule has 1 saturated heterocycles. The van der Waals surface area contributed by atoms with E-state index in [4.69, 9.17) is 0 Å². The van der Waals surface area contributed by atoms with E-state index in [1.807, 2.05) is 36.4 Å². The summed E-state index contributed by atoms with van der Waals surface area (Å²) < 4.78 is 0. The molecule has 128 valence electrons. The van der Waals surface area contributed by atoms with Gasteiger partial charge in [0, 0.05) is 18.5 Å². The fourth-order valence-corrected chi connectivity index (χ4v) is 3.12. The Labute approximate surface area is 147 Å². The molecule has 1 aliphatic heterocycles. The first-order valence-electron chi connectivity index (χ1n) is 8.35. The number of carbonyl (C=O) groups is 1. The van der Waals surface area contributed by atoms with Gasteiger partial charge in [-0.1, -0.05) is 36.9 Å². The molecule has 1 amide bonds. The maximum Gasteiger partial charge on any atom is 0.261 e. The monoisotopic (exact) mass is 336 g/mol. The highest BCUT2D eigenvalue weighted by Crippen LogP contribution is 2.31. The topological polar surface area (TPSA) is 52.4 Å². The van der Waals surface area contributed by atoms with Crippen LogP contribution in [0.5, 0.6) is 0 Å². The van der Waals surface area contributed by atoms with E-state index < -0.39 is 0 Å². The van der Waals surface area contributed by atoms with Gasteiger partial charge in [-0.05, 0) is 41.0 Å². The fourth-order valence-electron chi connectivity index (χ4n) is 3.12. The molecule has 1 N–H and O–H groups in total. The minimum Gasteiger partial charge on any atom is -0.348 e. The van der Waals surface area contributed by atoms with Gasteiger partial charge in [0.05, 0.1) is 18.5 Å². The largest absolute Gasteiger partial charge is 0.348 e. The Morgan fingerprint density at radius 2 is 2.04 bits per heavy atom. The van der Waals surface area contributed by atoms with Crippen LogP contribution in [0.2, 0.25) is 0 Å². The number of nitrogens with one attached hydrogen (secondary N) is 1. The molecule has 0 saturated carbocycles. The number of hydrogen-bond donors (Lipinski definition) is 1. The molecule has 0 aromatic heterocycles. The second-order valence-corrected chi connectivity index (χ2v) is 6.24. The second kappa shape index (κ2) is 7.30. The molecular weight excluding hydrogens is 314 g/mol. The maximum atomic E-state index is 12.3. The standard InChI is InChI=1S/C20H21N3O2/c1-3-20(24)21-14-15-11-17(16-7-5-4-6-8-16)13-18(12-15)19-9-10-22(2)23(19)25/h3-8,11-13,19H,1,9-10,14H2,2H3/p+1. The highest BCUT2D eigenvalue weighted by Gasteiger charge is 2.38. The van der Waals surface area contributed by atoms with Crippen LogP contribution in [-0.2, 0) is 11.3 Å². The molecule has 0 radical (unpaired) electrons. The highest BCUT2D eigenvalue weighted by molar-refractivity contribution is 5.86. The van der Waals surface area contributed by atoms with Crippen molar-refractivity contribution in [3.05, 3.63) is 77.2 Å². The fraction of sp³-hybridized carbons (Fsp3) is 0.250. The van der Waals surface area contributed by atoms with E-state index in [1.165, 1.54) is 6.08 Å². The van der Waals surface area contributed by atoms with Crippen LogP contribution in [0.25, 0.3) is 11.1 Å². The normalized spacial score (nSPS) is 16.8. The van der Waals surface area contributed by atoms with Crippen LogP contribution in [0.1, 0.15) is 23.6 Å². The molecule has 2 aromatic carbocycles. The average molecular weight is 336 g/mol. The summed E-state index contributed by atoms with van der Waals surface area (Å²) in [5.41, 5.74) is 4.08. The van der Waals surface area contributed by atoms with Gasteiger partial charge in [-0.25, -0.2) is 0 Å². The van der Waals surface area contributed by atoms with Crippen molar-refractivity contribution in [3.63, 3.8) is 0 Å². The molecule has 1 fully saturated rings. The molecule has 0 aliphatic carbocycles. The molecule has 1 heterocycles. The van der Waals surface area contributed by atoms with Gasteiger partial charge in [-0.15, -0.1) is 5.01 Å². The molecule has 1 aliphatic rings. The second-order valence-electron chi connectivity index (χ2n) is 6.24. The van der Waals surface area contributed by atoms with Crippen LogP contribution in [-0.4, -0.2) is 29.4 Å². The van der Waals surface area contributed by atoms with Crippen LogP contribution in [0.15, 0.2) is 61.2 Å². The molecule has 2 aromatic rings. The molecule has 3 rings (SSSR count). The minimum atomic E-state index is -0.210. The van der Waals surface area contributed by atoms with Crippen molar-refractivity contribution in [1.29, 1.82) is 0 Å². The van der Waals surface area contributed by atoms with Crippen molar-refractivity contribution in [2.75, 3.05) is 13.6 Å². The van der Waals surface area contributed by atoms with Gasteiger partial charge in [0.15, 0.2) is 0 Å². The van der Waals surface area contributed by atoms with E-state index in [1.54, 1.807) is 12.1 Å². The number of carbonyl (C=O) groups excluding carboxylic acids is 1. The predicted octanol–water partition coefficient (Wildman–Crippen LogP) is 3.23. The van der Waals surface area contributed by atoms with Crippen molar-refractivity contribution in [1.82, 2.24) is 10.3 Å². The number of hydrogen-bond acceptors (Lipinski definition) is 2. The smallest absolute Gasteiger partial charge is 0.261 e. The summed E-state index contributed by atoms with van der Waals surface area (Å²) in [6.45, 7) is 4.62. The van der Waals surface area contributed by atoms with Gasteiger partial charge in [0.1, 0.15) is 4.87 Å². The lowest BCUT2D eigenvalue weighted by molar-refractivity contribution is -0.711. The maximum absolute atomic E-state index is 12.3. The lowest BCUT2D eigenvalue weighted by Gasteiger charge is -2.11. The number of nitroso groups, excluding NO2 is 1. The third-order valence-corrected chi connectivity index (χ3v) is 4.49.